The van der Waals surface area contributed by atoms with Crippen LogP contribution in [0.2, 0.25) is 5.02 Å². The van der Waals surface area contributed by atoms with Crippen molar-refractivity contribution in [3.05, 3.63) is 71.1 Å². The molecule has 0 radical (unpaired) electrons. The molecule has 0 unspecified atom stereocenters. The first-order valence-corrected chi connectivity index (χ1v) is 9.09. The number of sulfonamides is 1. The van der Waals surface area contributed by atoms with Gasteiger partial charge in [0.1, 0.15) is 5.76 Å². The molecule has 24 heavy (non-hydrogen) atoms. The van der Waals surface area contributed by atoms with Crippen LogP contribution in [-0.4, -0.2) is 13.4 Å². The fourth-order valence-corrected chi connectivity index (χ4v) is 3.27. The molecule has 124 valence electrons. The Morgan fingerprint density at radius 1 is 1.08 bits per heavy atom. The smallest absolute Gasteiger partial charge is 0.240 e. The number of hydrogen-bond donors (Lipinski definition) is 1. The van der Waals surface area contributed by atoms with Crippen LogP contribution in [0.1, 0.15) is 11.5 Å². The topological polar surface area (TPSA) is 72.2 Å². The molecule has 3 aromatic rings. The van der Waals surface area contributed by atoms with Crippen LogP contribution in [0.3, 0.4) is 0 Å². The number of hydrogen-bond acceptors (Lipinski definition) is 4. The number of nitrogens with one attached hydrogen (secondary N) is 1. The molecule has 2 aromatic carbocycles. The van der Waals surface area contributed by atoms with Crippen molar-refractivity contribution in [2.45, 2.75) is 18.4 Å². The average Bonchev–Trinajstić information content (AvgIpc) is 2.95. The van der Waals surface area contributed by atoms with E-state index in [0.717, 1.165) is 5.56 Å². The van der Waals surface area contributed by atoms with Gasteiger partial charge in [-0.2, -0.15) is 0 Å². The van der Waals surface area contributed by atoms with Gasteiger partial charge >= 0.3 is 0 Å². The van der Waals surface area contributed by atoms with E-state index >= 15 is 0 Å². The SMILES string of the molecule is Cc1oc(-c2ccccc2)nc1CNS(=O)(=O)c1ccc(Cl)cc1. The average molecular weight is 363 g/mol. The molecule has 0 amide bonds. The summed E-state index contributed by atoms with van der Waals surface area (Å²) in [5.74, 6) is 1.04. The van der Waals surface area contributed by atoms with Crippen LogP contribution in [0.5, 0.6) is 0 Å². The lowest BCUT2D eigenvalue weighted by atomic mass is 10.2. The first-order valence-electron chi connectivity index (χ1n) is 7.23. The van der Waals surface area contributed by atoms with Gasteiger partial charge in [-0.3, -0.25) is 0 Å². The molecule has 1 heterocycles. The molecule has 0 aliphatic rings. The molecule has 1 N–H and O–H groups in total. The maximum Gasteiger partial charge on any atom is 0.240 e. The minimum atomic E-state index is -3.64. The van der Waals surface area contributed by atoms with Crippen LogP contribution in [0.15, 0.2) is 63.9 Å². The molecule has 0 bridgehead atoms. The van der Waals surface area contributed by atoms with Crippen molar-refractivity contribution in [3.63, 3.8) is 0 Å². The lowest BCUT2D eigenvalue weighted by molar-refractivity contribution is 0.538. The van der Waals surface area contributed by atoms with Crippen LogP contribution in [0.4, 0.5) is 0 Å². The number of benzene rings is 2. The van der Waals surface area contributed by atoms with Gasteiger partial charge in [0.15, 0.2) is 0 Å². The number of oxazole rings is 1. The zero-order valence-electron chi connectivity index (χ0n) is 12.9. The highest BCUT2D eigenvalue weighted by Crippen LogP contribution is 2.22. The van der Waals surface area contributed by atoms with Gasteiger partial charge in [0.05, 0.1) is 17.1 Å². The predicted octanol–water partition coefficient (Wildman–Crippen LogP) is 3.78. The number of halogens is 1. The summed E-state index contributed by atoms with van der Waals surface area (Å²) in [6.45, 7) is 1.80. The lowest BCUT2D eigenvalue weighted by Gasteiger charge is -2.05. The van der Waals surface area contributed by atoms with E-state index in [2.05, 4.69) is 9.71 Å². The van der Waals surface area contributed by atoms with E-state index in [9.17, 15) is 8.42 Å². The normalized spacial score (nSPS) is 11.6. The third-order valence-electron chi connectivity index (χ3n) is 3.47. The van der Waals surface area contributed by atoms with Gasteiger partial charge in [0.25, 0.3) is 0 Å². The molecular weight excluding hydrogens is 348 g/mol. The third-order valence-corrected chi connectivity index (χ3v) is 5.14. The zero-order valence-corrected chi connectivity index (χ0v) is 14.4. The molecule has 5 nitrogen and oxygen atoms in total. The van der Waals surface area contributed by atoms with Crippen LogP contribution in [-0.2, 0) is 16.6 Å². The van der Waals surface area contributed by atoms with Gasteiger partial charge in [-0.1, -0.05) is 29.8 Å². The van der Waals surface area contributed by atoms with Crippen LogP contribution >= 0.6 is 11.6 Å². The molecule has 0 aliphatic heterocycles. The van der Waals surface area contributed by atoms with Crippen molar-refractivity contribution in [3.8, 4) is 11.5 Å². The summed E-state index contributed by atoms with van der Waals surface area (Å²) in [7, 11) is -3.64. The minimum absolute atomic E-state index is 0.0487. The zero-order chi connectivity index (χ0) is 17.2. The highest BCUT2D eigenvalue weighted by atomic mass is 35.5. The largest absolute Gasteiger partial charge is 0.441 e. The van der Waals surface area contributed by atoms with Crippen molar-refractivity contribution >= 4 is 21.6 Å². The van der Waals surface area contributed by atoms with E-state index in [0.29, 0.717) is 22.4 Å². The summed E-state index contributed by atoms with van der Waals surface area (Å²) in [5, 5.41) is 0.480. The van der Waals surface area contributed by atoms with E-state index < -0.39 is 10.0 Å². The van der Waals surface area contributed by atoms with Gasteiger partial charge in [-0.15, -0.1) is 0 Å². The van der Waals surface area contributed by atoms with Gasteiger partial charge in [0.2, 0.25) is 15.9 Å². The Hall–Kier alpha value is -2.15. The molecule has 0 spiro atoms. The van der Waals surface area contributed by atoms with Crippen LogP contribution in [0.25, 0.3) is 11.5 Å². The van der Waals surface area contributed by atoms with E-state index in [1.807, 2.05) is 30.3 Å². The highest BCUT2D eigenvalue weighted by Gasteiger charge is 2.17. The fourth-order valence-electron chi connectivity index (χ4n) is 2.16. The van der Waals surface area contributed by atoms with Gasteiger partial charge in [-0.05, 0) is 43.3 Å². The molecule has 7 heteroatoms. The number of nitrogens with zero attached hydrogens (tertiary/aromatic N) is 1. The molecule has 1 aromatic heterocycles. The second kappa shape index (κ2) is 6.76. The first-order chi connectivity index (χ1) is 11.5. The van der Waals surface area contributed by atoms with Crippen molar-refractivity contribution in [2.75, 3.05) is 0 Å². The Balaban J connectivity index is 1.77. The summed E-state index contributed by atoms with van der Waals surface area (Å²) in [4.78, 5) is 4.53. The number of aromatic nitrogens is 1. The van der Waals surface area contributed by atoms with E-state index in [4.69, 9.17) is 16.0 Å². The standard InChI is InChI=1S/C17H15ClN2O3S/c1-12-16(20-17(23-12)13-5-3-2-4-6-13)11-19-24(21,22)15-9-7-14(18)8-10-15/h2-10,19H,11H2,1H3. The maximum absolute atomic E-state index is 12.3. The minimum Gasteiger partial charge on any atom is -0.441 e. The van der Waals surface area contributed by atoms with Gasteiger partial charge < -0.3 is 4.42 Å². The Morgan fingerprint density at radius 2 is 1.75 bits per heavy atom. The Morgan fingerprint density at radius 3 is 2.42 bits per heavy atom. The molecule has 0 saturated heterocycles. The quantitative estimate of drug-likeness (QED) is 0.749. The molecule has 3 rings (SSSR count). The third kappa shape index (κ3) is 3.67. The Labute approximate surface area is 145 Å². The van der Waals surface area contributed by atoms with Crippen molar-refractivity contribution in [1.29, 1.82) is 0 Å². The molecule has 0 aliphatic carbocycles. The summed E-state index contributed by atoms with van der Waals surface area (Å²) < 4.78 is 32.7. The summed E-state index contributed by atoms with van der Waals surface area (Å²) in [5.41, 5.74) is 1.39. The molecule has 0 saturated carbocycles. The second-order valence-electron chi connectivity index (χ2n) is 5.17. The highest BCUT2D eigenvalue weighted by molar-refractivity contribution is 7.89. The van der Waals surface area contributed by atoms with Crippen molar-refractivity contribution < 1.29 is 12.8 Å². The monoisotopic (exact) mass is 362 g/mol. The van der Waals surface area contributed by atoms with Gasteiger partial charge in [0, 0.05) is 10.6 Å². The van der Waals surface area contributed by atoms with E-state index in [1.165, 1.54) is 24.3 Å². The first kappa shape index (κ1) is 16.7. The summed E-state index contributed by atoms with van der Waals surface area (Å²) in [6, 6.07) is 15.4. The van der Waals surface area contributed by atoms with E-state index in [1.54, 1.807) is 6.92 Å². The number of aryl methyl sites for hydroxylation is 1. The predicted molar refractivity (Wildman–Crippen MR) is 92.2 cm³/mol. The fraction of sp³-hybridized carbons (Fsp3) is 0.118. The van der Waals surface area contributed by atoms with Gasteiger partial charge in [-0.25, -0.2) is 18.1 Å². The van der Waals surface area contributed by atoms with Crippen LogP contribution < -0.4 is 4.72 Å². The Bertz CT molecular complexity index is 936. The Kier molecular flexibility index (Phi) is 4.71. The van der Waals surface area contributed by atoms with E-state index in [-0.39, 0.29) is 11.4 Å². The second-order valence-corrected chi connectivity index (χ2v) is 7.37. The maximum atomic E-state index is 12.3. The van der Waals surface area contributed by atoms with Crippen molar-refractivity contribution in [1.82, 2.24) is 9.71 Å². The number of rotatable bonds is 5. The summed E-state index contributed by atoms with van der Waals surface area (Å²) in [6.07, 6.45) is 0. The van der Waals surface area contributed by atoms with Crippen LogP contribution in [0, 0.1) is 6.92 Å². The van der Waals surface area contributed by atoms with Crippen molar-refractivity contribution in [2.24, 2.45) is 0 Å². The lowest BCUT2D eigenvalue weighted by Crippen LogP contribution is -2.23. The molecule has 0 fully saturated rings. The summed E-state index contributed by atoms with van der Waals surface area (Å²) >= 11 is 5.78. The molecular formula is C17H15ClN2O3S. The molecule has 0 atom stereocenters.